The number of urea groups is 1. The molecule has 0 aromatic heterocycles. The maximum absolute atomic E-state index is 14.1. The van der Waals surface area contributed by atoms with Crippen molar-refractivity contribution < 1.29 is 19.0 Å². The van der Waals surface area contributed by atoms with Crippen LogP contribution in [-0.2, 0) is 4.74 Å². The molecule has 2 fully saturated rings. The van der Waals surface area contributed by atoms with Gasteiger partial charge in [-0.3, -0.25) is 0 Å². The van der Waals surface area contributed by atoms with E-state index in [1.165, 1.54) is 4.90 Å². The standard InChI is InChI=1S/C17H31FN2O3/c1-13(2)7-10-23-15-6-4-3-5-14(15)19-16(22)20-9-8-17(18,11-20)12-21/h13-15,21H,3-12H2,1-2H3,(H,19,22)/t14-,15-,17?/m1/s1. The Balaban J connectivity index is 1.82. The summed E-state index contributed by atoms with van der Waals surface area (Å²) in [6.45, 7) is 4.86. The van der Waals surface area contributed by atoms with Gasteiger partial charge in [-0.25, -0.2) is 9.18 Å². The second kappa shape index (κ2) is 8.29. The lowest BCUT2D eigenvalue weighted by atomic mass is 9.92. The summed E-state index contributed by atoms with van der Waals surface area (Å²) >= 11 is 0. The van der Waals surface area contributed by atoms with Crippen LogP contribution in [0.5, 0.6) is 0 Å². The number of halogens is 1. The molecule has 1 saturated carbocycles. The van der Waals surface area contributed by atoms with Gasteiger partial charge in [-0.05, 0) is 25.2 Å². The number of alkyl halides is 1. The molecule has 0 aromatic rings. The number of hydrogen-bond donors (Lipinski definition) is 2. The number of nitrogens with zero attached hydrogens (tertiary/aromatic N) is 1. The molecule has 5 nitrogen and oxygen atoms in total. The molecule has 0 aromatic carbocycles. The summed E-state index contributed by atoms with van der Waals surface area (Å²) in [6, 6.07) is -0.227. The predicted octanol–water partition coefficient (Wildman–Crippen LogP) is 2.48. The number of nitrogens with one attached hydrogen (secondary N) is 1. The average Bonchev–Trinajstić information content (AvgIpc) is 2.92. The molecular formula is C17H31FN2O3. The van der Waals surface area contributed by atoms with Gasteiger partial charge < -0.3 is 20.1 Å². The number of carbonyl (C=O) groups excluding carboxylic acids is 1. The highest BCUT2D eigenvalue weighted by atomic mass is 19.1. The molecule has 1 aliphatic heterocycles. The third-order valence-electron chi connectivity index (χ3n) is 4.91. The number of aliphatic hydroxyl groups is 1. The van der Waals surface area contributed by atoms with Crippen LogP contribution in [0.25, 0.3) is 0 Å². The van der Waals surface area contributed by atoms with E-state index < -0.39 is 12.3 Å². The van der Waals surface area contributed by atoms with Gasteiger partial charge in [-0.15, -0.1) is 0 Å². The SMILES string of the molecule is CC(C)CCO[C@@H]1CCCC[C@H]1NC(=O)N1CCC(F)(CO)C1. The minimum absolute atomic E-state index is 0.00662. The van der Waals surface area contributed by atoms with Crippen molar-refractivity contribution in [3.63, 3.8) is 0 Å². The van der Waals surface area contributed by atoms with E-state index in [4.69, 9.17) is 9.84 Å². The van der Waals surface area contributed by atoms with E-state index in [9.17, 15) is 9.18 Å². The summed E-state index contributed by atoms with van der Waals surface area (Å²) in [6.07, 6.45) is 5.36. The molecule has 3 atom stereocenters. The van der Waals surface area contributed by atoms with Crippen molar-refractivity contribution >= 4 is 6.03 Å². The topological polar surface area (TPSA) is 61.8 Å². The zero-order valence-corrected chi connectivity index (χ0v) is 14.4. The minimum atomic E-state index is -1.64. The molecule has 2 amide bonds. The highest BCUT2D eigenvalue weighted by Crippen LogP contribution is 2.26. The van der Waals surface area contributed by atoms with E-state index in [0.717, 1.165) is 38.7 Å². The normalized spacial score (nSPS) is 31.6. The van der Waals surface area contributed by atoms with E-state index in [1.54, 1.807) is 0 Å². The molecule has 1 aliphatic carbocycles. The molecule has 1 saturated heterocycles. The Hall–Kier alpha value is -0.880. The molecule has 0 spiro atoms. The van der Waals surface area contributed by atoms with Crippen molar-refractivity contribution in [1.29, 1.82) is 0 Å². The van der Waals surface area contributed by atoms with Gasteiger partial charge in [0, 0.05) is 19.6 Å². The number of likely N-dealkylation sites (tertiary alicyclic amines) is 1. The number of ether oxygens (including phenoxy) is 1. The van der Waals surface area contributed by atoms with Crippen molar-refractivity contribution in [1.82, 2.24) is 10.2 Å². The predicted molar refractivity (Wildman–Crippen MR) is 87.1 cm³/mol. The first kappa shape index (κ1) is 18.5. The zero-order valence-electron chi connectivity index (χ0n) is 14.4. The molecule has 0 radical (unpaired) electrons. The molecule has 2 rings (SSSR count). The molecule has 6 heteroatoms. The number of hydrogen-bond acceptors (Lipinski definition) is 3. The summed E-state index contributed by atoms with van der Waals surface area (Å²) in [5.41, 5.74) is -1.64. The maximum atomic E-state index is 14.1. The minimum Gasteiger partial charge on any atom is -0.393 e. The highest BCUT2D eigenvalue weighted by molar-refractivity contribution is 5.75. The molecule has 0 bridgehead atoms. The Kier molecular flexibility index (Phi) is 6.65. The van der Waals surface area contributed by atoms with E-state index in [1.807, 2.05) is 0 Å². The van der Waals surface area contributed by atoms with Crippen LogP contribution in [0.15, 0.2) is 0 Å². The van der Waals surface area contributed by atoms with Crippen molar-refractivity contribution in [3.8, 4) is 0 Å². The molecule has 1 unspecified atom stereocenters. The van der Waals surface area contributed by atoms with Gasteiger partial charge in [0.2, 0.25) is 0 Å². The van der Waals surface area contributed by atoms with Crippen molar-refractivity contribution in [2.45, 2.75) is 70.2 Å². The van der Waals surface area contributed by atoms with Crippen LogP contribution in [0.3, 0.4) is 0 Å². The van der Waals surface area contributed by atoms with E-state index in [2.05, 4.69) is 19.2 Å². The van der Waals surface area contributed by atoms with Crippen LogP contribution in [-0.4, -0.2) is 60.2 Å². The van der Waals surface area contributed by atoms with E-state index in [-0.39, 0.29) is 31.1 Å². The monoisotopic (exact) mass is 330 g/mol. The summed E-state index contributed by atoms with van der Waals surface area (Å²) < 4.78 is 20.0. The van der Waals surface area contributed by atoms with Gasteiger partial charge in [0.1, 0.15) is 0 Å². The fraction of sp³-hybridized carbons (Fsp3) is 0.941. The summed E-state index contributed by atoms with van der Waals surface area (Å²) in [5.74, 6) is 0.604. The smallest absolute Gasteiger partial charge is 0.317 e. The third-order valence-corrected chi connectivity index (χ3v) is 4.91. The number of aliphatic hydroxyl groups excluding tert-OH is 1. The number of rotatable bonds is 6. The van der Waals surface area contributed by atoms with Crippen molar-refractivity contribution in [2.75, 3.05) is 26.3 Å². The van der Waals surface area contributed by atoms with Crippen LogP contribution in [0, 0.1) is 5.92 Å². The molecule has 2 N–H and O–H groups in total. The Labute approximate surface area is 138 Å². The first-order chi connectivity index (χ1) is 10.9. The van der Waals surface area contributed by atoms with Crippen molar-refractivity contribution in [3.05, 3.63) is 0 Å². The highest BCUT2D eigenvalue weighted by Gasteiger charge is 2.40. The van der Waals surface area contributed by atoms with Crippen LogP contribution >= 0.6 is 0 Å². The largest absolute Gasteiger partial charge is 0.393 e. The third kappa shape index (κ3) is 5.31. The fourth-order valence-electron chi connectivity index (χ4n) is 3.30. The van der Waals surface area contributed by atoms with E-state index >= 15 is 0 Å². The summed E-state index contributed by atoms with van der Waals surface area (Å²) in [5, 5.41) is 12.1. The first-order valence-electron chi connectivity index (χ1n) is 8.90. The number of carbonyl (C=O) groups is 1. The Bertz CT molecular complexity index is 394. The van der Waals surface area contributed by atoms with Gasteiger partial charge in [-0.2, -0.15) is 0 Å². The Morgan fingerprint density at radius 3 is 2.83 bits per heavy atom. The van der Waals surface area contributed by atoms with Crippen LogP contribution < -0.4 is 5.32 Å². The molecular weight excluding hydrogens is 299 g/mol. The molecule has 134 valence electrons. The average molecular weight is 330 g/mol. The molecule has 1 heterocycles. The lowest BCUT2D eigenvalue weighted by Crippen LogP contribution is -2.51. The first-order valence-corrected chi connectivity index (χ1v) is 8.90. The van der Waals surface area contributed by atoms with Crippen LogP contribution in [0.4, 0.5) is 9.18 Å². The molecule has 23 heavy (non-hydrogen) atoms. The Morgan fingerprint density at radius 1 is 1.43 bits per heavy atom. The number of amides is 2. The van der Waals surface area contributed by atoms with E-state index in [0.29, 0.717) is 12.5 Å². The van der Waals surface area contributed by atoms with Crippen LogP contribution in [0.1, 0.15) is 52.4 Å². The van der Waals surface area contributed by atoms with Gasteiger partial charge in [0.25, 0.3) is 0 Å². The van der Waals surface area contributed by atoms with Gasteiger partial charge >= 0.3 is 6.03 Å². The van der Waals surface area contributed by atoms with Crippen molar-refractivity contribution in [2.24, 2.45) is 5.92 Å². The maximum Gasteiger partial charge on any atom is 0.317 e. The second-order valence-corrected chi connectivity index (χ2v) is 7.41. The van der Waals surface area contributed by atoms with Gasteiger partial charge in [-0.1, -0.05) is 26.7 Å². The summed E-state index contributed by atoms with van der Waals surface area (Å²) in [4.78, 5) is 13.8. The summed E-state index contributed by atoms with van der Waals surface area (Å²) in [7, 11) is 0. The van der Waals surface area contributed by atoms with Gasteiger partial charge in [0.15, 0.2) is 5.67 Å². The Morgan fingerprint density at radius 2 is 2.17 bits per heavy atom. The zero-order chi connectivity index (χ0) is 16.9. The fourth-order valence-corrected chi connectivity index (χ4v) is 3.30. The second-order valence-electron chi connectivity index (χ2n) is 7.41. The van der Waals surface area contributed by atoms with Crippen LogP contribution in [0.2, 0.25) is 0 Å². The lowest BCUT2D eigenvalue weighted by Gasteiger charge is -2.33. The lowest BCUT2D eigenvalue weighted by molar-refractivity contribution is 0.00214. The molecule has 2 aliphatic rings. The quantitative estimate of drug-likeness (QED) is 0.786. The van der Waals surface area contributed by atoms with Gasteiger partial charge in [0.05, 0.1) is 25.3 Å².